The fourth-order valence-electron chi connectivity index (χ4n) is 2.87. The molecule has 2 aromatic heterocycles. The van der Waals surface area contributed by atoms with Gasteiger partial charge in [-0.1, -0.05) is 28.9 Å². The van der Waals surface area contributed by atoms with Crippen LogP contribution < -0.4 is 4.90 Å². The maximum atomic E-state index is 12.4. The van der Waals surface area contributed by atoms with E-state index < -0.39 is 0 Å². The summed E-state index contributed by atoms with van der Waals surface area (Å²) >= 11 is 6.18. The number of pyridine rings is 1. The minimum Gasteiger partial charge on any atom is -0.332 e. The summed E-state index contributed by atoms with van der Waals surface area (Å²) in [4.78, 5) is 22.7. The lowest BCUT2D eigenvalue weighted by Gasteiger charge is -2.17. The van der Waals surface area contributed by atoms with Crippen LogP contribution in [0.1, 0.15) is 23.7 Å². The van der Waals surface area contributed by atoms with Crippen LogP contribution in [0.15, 0.2) is 47.1 Å². The molecule has 1 fully saturated rings. The van der Waals surface area contributed by atoms with E-state index in [9.17, 15) is 4.79 Å². The highest BCUT2D eigenvalue weighted by Gasteiger charge is 2.34. The minimum absolute atomic E-state index is 0.0223. The second-order valence-electron chi connectivity index (χ2n) is 6.01. The third-order valence-corrected chi connectivity index (χ3v) is 4.69. The van der Waals surface area contributed by atoms with E-state index in [1.54, 1.807) is 17.2 Å². The average Bonchev–Trinajstić information content (AvgIpc) is 3.25. The van der Waals surface area contributed by atoms with Crippen LogP contribution in [0.25, 0.3) is 11.6 Å². The maximum Gasteiger partial charge on any atom is 0.276 e. The summed E-state index contributed by atoms with van der Waals surface area (Å²) in [5.74, 6) is 0.789. The molecular formula is C18H15ClN4O2. The fourth-order valence-corrected chi connectivity index (χ4v) is 3.05. The first kappa shape index (κ1) is 15.8. The van der Waals surface area contributed by atoms with E-state index in [1.807, 2.05) is 37.3 Å². The van der Waals surface area contributed by atoms with Crippen LogP contribution in [-0.4, -0.2) is 27.6 Å². The maximum absolute atomic E-state index is 12.4. The van der Waals surface area contributed by atoms with Crippen molar-refractivity contribution in [3.8, 4) is 11.6 Å². The fraction of sp³-hybridized carbons (Fsp3) is 0.222. The third kappa shape index (κ3) is 3.00. The van der Waals surface area contributed by atoms with Gasteiger partial charge in [0.2, 0.25) is 5.91 Å². The third-order valence-electron chi connectivity index (χ3n) is 4.28. The molecule has 3 aromatic rings. The van der Waals surface area contributed by atoms with Gasteiger partial charge < -0.3 is 9.42 Å². The van der Waals surface area contributed by atoms with Crippen molar-refractivity contribution in [2.45, 2.75) is 19.3 Å². The quantitative estimate of drug-likeness (QED) is 0.718. The van der Waals surface area contributed by atoms with E-state index in [4.69, 9.17) is 16.1 Å². The molecule has 1 atom stereocenters. The van der Waals surface area contributed by atoms with E-state index in [0.717, 1.165) is 11.3 Å². The Bertz CT molecular complexity index is 926. The van der Waals surface area contributed by atoms with E-state index in [-0.39, 0.29) is 11.8 Å². The zero-order valence-corrected chi connectivity index (χ0v) is 14.3. The van der Waals surface area contributed by atoms with Crippen LogP contribution in [0, 0.1) is 6.92 Å². The summed E-state index contributed by atoms with van der Waals surface area (Å²) in [6.07, 6.45) is 2.01. The van der Waals surface area contributed by atoms with Crippen LogP contribution in [0.5, 0.6) is 0 Å². The second kappa shape index (κ2) is 6.29. The predicted octanol–water partition coefficient (Wildman–Crippen LogP) is 3.61. The van der Waals surface area contributed by atoms with E-state index in [0.29, 0.717) is 35.4 Å². The molecule has 0 bridgehead atoms. The molecule has 6 nitrogen and oxygen atoms in total. The van der Waals surface area contributed by atoms with Gasteiger partial charge in [0.15, 0.2) is 5.82 Å². The molecule has 126 valence electrons. The van der Waals surface area contributed by atoms with E-state index in [1.165, 1.54) is 0 Å². The summed E-state index contributed by atoms with van der Waals surface area (Å²) in [6, 6.07) is 11.1. The number of rotatable bonds is 3. The van der Waals surface area contributed by atoms with Gasteiger partial charge in [-0.15, -0.1) is 0 Å². The molecule has 25 heavy (non-hydrogen) atoms. The standard InChI is InChI=1S/C18H15ClN4O2/c1-11-5-6-13(9-14(11)19)23-10-12(8-16(23)24)17-21-18(25-22-17)15-4-2-3-7-20-15/h2-7,9,12H,8,10H2,1H3. The molecule has 1 aliphatic rings. The number of amides is 1. The van der Waals surface area contributed by atoms with Crippen LogP contribution in [0.3, 0.4) is 0 Å². The second-order valence-corrected chi connectivity index (χ2v) is 6.42. The zero-order valence-electron chi connectivity index (χ0n) is 13.5. The Morgan fingerprint density at radius 1 is 1.28 bits per heavy atom. The Morgan fingerprint density at radius 3 is 2.92 bits per heavy atom. The Hall–Kier alpha value is -2.73. The van der Waals surface area contributed by atoms with Gasteiger partial charge >= 0.3 is 0 Å². The van der Waals surface area contributed by atoms with Crippen molar-refractivity contribution in [3.05, 3.63) is 59.0 Å². The Balaban J connectivity index is 1.56. The first-order chi connectivity index (χ1) is 12.1. The van der Waals surface area contributed by atoms with Gasteiger partial charge in [0, 0.05) is 35.8 Å². The molecule has 1 amide bonds. The lowest BCUT2D eigenvalue weighted by Crippen LogP contribution is -2.24. The van der Waals surface area contributed by atoms with Crippen molar-refractivity contribution in [2.75, 3.05) is 11.4 Å². The molecule has 0 spiro atoms. The Morgan fingerprint density at radius 2 is 2.16 bits per heavy atom. The smallest absolute Gasteiger partial charge is 0.276 e. The summed E-state index contributed by atoms with van der Waals surface area (Å²) in [7, 11) is 0. The highest BCUT2D eigenvalue weighted by Crippen LogP contribution is 2.33. The highest BCUT2D eigenvalue weighted by atomic mass is 35.5. The Kier molecular flexibility index (Phi) is 3.97. The number of halogens is 1. The average molecular weight is 355 g/mol. The Labute approximate surface area is 149 Å². The number of hydrogen-bond acceptors (Lipinski definition) is 5. The molecule has 1 saturated heterocycles. The number of hydrogen-bond donors (Lipinski definition) is 0. The molecular weight excluding hydrogens is 340 g/mol. The SMILES string of the molecule is Cc1ccc(N2CC(c3noc(-c4ccccn4)n3)CC2=O)cc1Cl. The van der Waals surface area contributed by atoms with Crippen molar-refractivity contribution in [3.63, 3.8) is 0 Å². The van der Waals surface area contributed by atoms with Crippen LogP contribution in [0.4, 0.5) is 5.69 Å². The van der Waals surface area contributed by atoms with Gasteiger partial charge in [-0.3, -0.25) is 9.78 Å². The molecule has 0 radical (unpaired) electrons. The number of benzene rings is 1. The van der Waals surface area contributed by atoms with E-state index in [2.05, 4.69) is 15.1 Å². The van der Waals surface area contributed by atoms with E-state index >= 15 is 0 Å². The van der Waals surface area contributed by atoms with Gasteiger partial charge in [0.05, 0.1) is 0 Å². The lowest BCUT2D eigenvalue weighted by molar-refractivity contribution is -0.117. The molecule has 1 aliphatic heterocycles. The van der Waals surface area contributed by atoms with Crippen LogP contribution in [0.2, 0.25) is 5.02 Å². The first-order valence-corrected chi connectivity index (χ1v) is 8.31. The summed E-state index contributed by atoms with van der Waals surface area (Å²) in [5.41, 5.74) is 2.39. The number of aromatic nitrogens is 3. The molecule has 1 unspecified atom stereocenters. The lowest BCUT2D eigenvalue weighted by atomic mass is 10.1. The summed E-state index contributed by atoms with van der Waals surface area (Å²) < 4.78 is 5.30. The molecule has 1 aromatic carbocycles. The number of nitrogens with zero attached hydrogens (tertiary/aromatic N) is 4. The van der Waals surface area contributed by atoms with Gasteiger partial charge in [0.1, 0.15) is 5.69 Å². The van der Waals surface area contributed by atoms with Crippen molar-refractivity contribution in [1.29, 1.82) is 0 Å². The van der Waals surface area contributed by atoms with Crippen molar-refractivity contribution < 1.29 is 9.32 Å². The largest absolute Gasteiger partial charge is 0.332 e. The number of anilines is 1. The zero-order chi connectivity index (χ0) is 17.4. The number of aryl methyl sites for hydroxylation is 1. The highest BCUT2D eigenvalue weighted by molar-refractivity contribution is 6.31. The van der Waals surface area contributed by atoms with Crippen molar-refractivity contribution in [1.82, 2.24) is 15.1 Å². The normalized spacial score (nSPS) is 17.3. The number of carbonyl (C=O) groups excluding carboxylic acids is 1. The molecule has 0 saturated carbocycles. The molecule has 0 aliphatic carbocycles. The van der Waals surface area contributed by atoms with Crippen molar-refractivity contribution >= 4 is 23.2 Å². The molecule has 7 heteroatoms. The minimum atomic E-state index is -0.117. The van der Waals surface area contributed by atoms with Crippen LogP contribution in [-0.2, 0) is 4.79 Å². The van der Waals surface area contributed by atoms with Crippen LogP contribution >= 0.6 is 11.6 Å². The molecule has 4 rings (SSSR count). The monoisotopic (exact) mass is 354 g/mol. The van der Waals surface area contributed by atoms with Gasteiger partial charge in [-0.05, 0) is 36.8 Å². The molecule has 3 heterocycles. The van der Waals surface area contributed by atoms with Gasteiger partial charge in [0.25, 0.3) is 5.89 Å². The first-order valence-electron chi connectivity index (χ1n) is 7.93. The van der Waals surface area contributed by atoms with Gasteiger partial charge in [-0.25, -0.2) is 0 Å². The molecule has 0 N–H and O–H groups in total. The topological polar surface area (TPSA) is 72.1 Å². The van der Waals surface area contributed by atoms with Crippen molar-refractivity contribution in [2.24, 2.45) is 0 Å². The summed E-state index contributed by atoms with van der Waals surface area (Å²) in [5, 5.41) is 4.68. The number of carbonyl (C=O) groups is 1. The predicted molar refractivity (Wildman–Crippen MR) is 93.4 cm³/mol. The summed E-state index contributed by atoms with van der Waals surface area (Å²) in [6.45, 7) is 2.43. The van der Waals surface area contributed by atoms with Gasteiger partial charge in [-0.2, -0.15) is 4.98 Å².